The summed E-state index contributed by atoms with van der Waals surface area (Å²) in [5, 5.41) is 20.4. The lowest BCUT2D eigenvalue weighted by Gasteiger charge is -2.38. The third-order valence-electron chi connectivity index (χ3n) is 4.27. The molecule has 1 aliphatic heterocycles. The predicted molar refractivity (Wildman–Crippen MR) is 68.7 cm³/mol. The minimum absolute atomic E-state index is 0.0447. The first-order valence-corrected chi connectivity index (χ1v) is 7.04. The Kier molecular flexibility index (Phi) is 4.63. The summed E-state index contributed by atoms with van der Waals surface area (Å²) in [6, 6.07) is -1.02. The van der Waals surface area contributed by atoms with E-state index < -0.39 is 12.0 Å². The predicted octanol–water partition coefficient (Wildman–Crippen LogP) is 0.796. The summed E-state index contributed by atoms with van der Waals surface area (Å²) in [7, 11) is 0. The van der Waals surface area contributed by atoms with Gasteiger partial charge >= 0.3 is 12.0 Å². The Balaban J connectivity index is 1.96. The number of carboxylic acids is 1. The fourth-order valence-corrected chi connectivity index (χ4v) is 3.32. The zero-order valence-electron chi connectivity index (χ0n) is 11.0. The van der Waals surface area contributed by atoms with E-state index in [-0.39, 0.29) is 25.1 Å². The van der Waals surface area contributed by atoms with Gasteiger partial charge in [-0.05, 0) is 31.6 Å². The number of amides is 2. The number of nitrogens with one attached hydrogen (secondary N) is 1. The van der Waals surface area contributed by atoms with Crippen molar-refractivity contribution in [1.82, 2.24) is 10.2 Å². The molecule has 1 saturated heterocycles. The van der Waals surface area contributed by atoms with Crippen LogP contribution < -0.4 is 5.32 Å². The van der Waals surface area contributed by atoms with Crippen LogP contribution in [0.2, 0.25) is 0 Å². The largest absolute Gasteiger partial charge is 0.480 e. The van der Waals surface area contributed by atoms with Gasteiger partial charge in [-0.2, -0.15) is 0 Å². The maximum Gasteiger partial charge on any atom is 0.326 e. The molecule has 2 rings (SSSR count). The van der Waals surface area contributed by atoms with Crippen LogP contribution in [0.1, 0.15) is 38.5 Å². The molecule has 1 heterocycles. The molecule has 1 saturated carbocycles. The van der Waals surface area contributed by atoms with Gasteiger partial charge in [0.25, 0.3) is 0 Å². The second-order valence-electron chi connectivity index (χ2n) is 5.45. The first-order chi connectivity index (χ1) is 9.13. The molecule has 19 heavy (non-hydrogen) atoms. The number of carboxylic acid groups (broad SMARTS) is 1. The van der Waals surface area contributed by atoms with E-state index in [4.69, 9.17) is 10.2 Å². The molecule has 1 aliphatic carbocycles. The Labute approximate surface area is 112 Å². The fraction of sp³-hybridized carbons (Fsp3) is 0.846. The second kappa shape index (κ2) is 6.23. The average molecular weight is 270 g/mol. The van der Waals surface area contributed by atoms with Gasteiger partial charge in [-0.1, -0.05) is 6.42 Å². The lowest BCUT2D eigenvalue weighted by molar-refractivity contribution is -0.139. The van der Waals surface area contributed by atoms with Crippen molar-refractivity contribution >= 4 is 12.0 Å². The molecule has 0 radical (unpaired) electrons. The number of carbonyl (C=O) groups is 2. The maximum absolute atomic E-state index is 12.2. The molecular formula is C13H22N2O4. The Morgan fingerprint density at radius 2 is 2.00 bits per heavy atom. The van der Waals surface area contributed by atoms with Crippen LogP contribution in [0.5, 0.6) is 0 Å². The summed E-state index contributed by atoms with van der Waals surface area (Å²) in [6.45, 7) is 0.460. The molecule has 0 aromatic carbocycles. The summed E-state index contributed by atoms with van der Waals surface area (Å²) >= 11 is 0. The highest BCUT2D eigenvalue weighted by Crippen LogP contribution is 2.36. The van der Waals surface area contributed by atoms with E-state index in [1.807, 2.05) is 0 Å². The molecule has 3 atom stereocenters. The third-order valence-corrected chi connectivity index (χ3v) is 4.27. The monoisotopic (exact) mass is 270 g/mol. The summed E-state index contributed by atoms with van der Waals surface area (Å²) < 4.78 is 0. The number of aliphatic hydroxyl groups excluding tert-OH is 1. The van der Waals surface area contributed by atoms with Crippen LogP contribution in [-0.2, 0) is 4.79 Å². The Morgan fingerprint density at radius 3 is 2.68 bits per heavy atom. The van der Waals surface area contributed by atoms with Gasteiger partial charge in [0, 0.05) is 25.6 Å². The van der Waals surface area contributed by atoms with Crippen molar-refractivity contribution in [3.05, 3.63) is 0 Å². The Morgan fingerprint density at radius 1 is 1.26 bits per heavy atom. The topological polar surface area (TPSA) is 89.9 Å². The number of fused-ring (bicyclic) bond motifs is 1. The smallest absolute Gasteiger partial charge is 0.326 e. The summed E-state index contributed by atoms with van der Waals surface area (Å²) in [5.41, 5.74) is 0. The molecule has 0 aromatic heterocycles. The van der Waals surface area contributed by atoms with Crippen LogP contribution >= 0.6 is 0 Å². The highest BCUT2D eigenvalue weighted by atomic mass is 16.4. The van der Waals surface area contributed by atoms with Crippen molar-refractivity contribution in [2.75, 3.05) is 13.2 Å². The van der Waals surface area contributed by atoms with Crippen molar-refractivity contribution in [2.24, 2.45) is 5.92 Å². The van der Waals surface area contributed by atoms with E-state index in [0.29, 0.717) is 12.5 Å². The number of aliphatic hydroxyl groups is 1. The molecule has 6 heteroatoms. The van der Waals surface area contributed by atoms with E-state index in [0.717, 1.165) is 19.3 Å². The molecule has 0 bridgehead atoms. The zero-order chi connectivity index (χ0) is 13.8. The molecule has 0 spiro atoms. The van der Waals surface area contributed by atoms with E-state index in [1.165, 1.54) is 12.8 Å². The molecule has 2 amide bonds. The number of piperidine rings is 1. The van der Waals surface area contributed by atoms with Crippen molar-refractivity contribution in [3.8, 4) is 0 Å². The maximum atomic E-state index is 12.2. The molecule has 108 valence electrons. The highest BCUT2D eigenvalue weighted by Gasteiger charge is 2.38. The SMILES string of the molecule is O=C(O)C(CCO)NC(=O)N1CCCC2CCCC21. The fourth-order valence-electron chi connectivity index (χ4n) is 3.32. The van der Waals surface area contributed by atoms with Gasteiger partial charge in [0.15, 0.2) is 0 Å². The van der Waals surface area contributed by atoms with Gasteiger partial charge in [-0.25, -0.2) is 9.59 Å². The summed E-state index contributed by atoms with van der Waals surface area (Å²) in [4.78, 5) is 25.0. The van der Waals surface area contributed by atoms with E-state index in [9.17, 15) is 9.59 Å². The van der Waals surface area contributed by atoms with E-state index in [2.05, 4.69) is 5.32 Å². The van der Waals surface area contributed by atoms with Crippen molar-refractivity contribution in [3.63, 3.8) is 0 Å². The molecule has 6 nitrogen and oxygen atoms in total. The quantitative estimate of drug-likeness (QED) is 0.704. The number of rotatable bonds is 4. The average Bonchev–Trinajstić information content (AvgIpc) is 2.85. The van der Waals surface area contributed by atoms with Crippen LogP contribution in [0.25, 0.3) is 0 Å². The normalized spacial score (nSPS) is 27.7. The molecule has 0 aromatic rings. The number of likely N-dealkylation sites (tertiary alicyclic amines) is 1. The Bertz CT molecular complexity index is 348. The number of aliphatic carboxylic acids is 1. The van der Waals surface area contributed by atoms with Crippen LogP contribution in [0, 0.1) is 5.92 Å². The van der Waals surface area contributed by atoms with Gasteiger partial charge in [0.05, 0.1) is 0 Å². The van der Waals surface area contributed by atoms with Crippen molar-refractivity contribution in [2.45, 2.75) is 50.6 Å². The standard InChI is InChI=1S/C13H22N2O4/c16-8-6-10(12(17)18)14-13(19)15-7-2-4-9-3-1-5-11(9)15/h9-11,16H,1-8H2,(H,14,19)(H,17,18). The zero-order valence-corrected chi connectivity index (χ0v) is 11.0. The van der Waals surface area contributed by atoms with Gasteiger partial charge in [-0.15, -0.1) is 0 Å². The van der Waals surface area contributed by atoms with Crippen molar-refractivity contribution < 1.29 is 19.8 Å². The number of carbonyl (C=O) groups excluding carboxylic acids is 1. The van der Waals surface area contributed by atoms with Crippen molar-refractivity contribution in [1.29, 1.82) is 0 Å². The van der Waals surface area contributed by atoms with Crippen LogP contribution in [-0.4, -0.2) is 52.3 Å². The van der Waals surface area contributed by atoms with E-state index in [1.54, 1.807) is 4.90 Å². The van der Waals surface area contributed by atoms with E-state index >= 15 is 0 Å². The summed E-state index contributed by atoms with van der Waals surface area (Å²) in [5.74, 6) is -0.511. The molecule has 3 N–H and O–H groups in total. The number of hydrogen-bond acceptors (Lipinski definition) is 3. The number of nitrogens with zero attached hydrogens (tertiary/aromatic N) is 1. The lowest BCUT2D eigenvalue weighted by Crippen LogP contribution is -2.54. The highest BCUT2D eigenvalue weighted by molar-refractivity contribution is 5.82. The Hall–Kier alpha value is -1.30. The summed E-state index contributed by atoms with van der Waals surface area (Å²) in [6.07, 6.45) is 5.56. The van der Waals surface area contributed by atoms with Gasteiger partial charge < -0.3 is 20.4 Å². The van der Waals surface area contributed by atoms with Gasteiger partial charge in [0.1, 0.15) is 6.04 Å². The van der Waals surface area contributed by atoms with Crippen LogP contribution in [0.3, 0.4) is 0 Å². The van der Waals surface area contributed by atoms with Crippen LogP contribution in [0.4, 0.5) is 4.79 Å². The third kappa shape index (κ3) is 3.18. The molecule has 3 unspecified atom stereocenters. The first kappa shape index (κ1) is 14.1. The minimum atomic E-state index is -1.10. The lowest BCUT2D eigenvalue weighted by atomic mass is 9.92. The number of urea groups is 1. The second-order valence-corrected chi connectivity index (χ2v) is 5.45. The molecular weight excluding hydrogens is 248 g/mol. The molecule has 2 aliphatic rings. The number of hydrogen-bond donors (Lipinski definition) is 3. The first-order valence-electron chi connectivity index (χ1n) is 7.04. The van der Waals surface area contributed by atoms with Gasteiger partial charge in [0.2, 0.25) is 0 Å². The van der Waals surface area contributed by atoms with Gasteiger partial charge in [-0.3, -0.25) is 0 Å². The molecule has 2 fully saturated rings. The van der Waals surface area contributed by atoms with Crippen LogP contribution in [0.15, 0.2) is 0 Å². The minimum Gasteiger partial charge on any atom is -0.480 e.